The van der Waals surface area contributed by atoms with Gasteiger partial charge in [0.05, 0.1) is 24.3 Å². The van der Waals surface area contributed by atoms with Gasteiger partial charge >= 0.3 is 5.97 Å². The number of nitrogens with zero attached hydrogens (tertiary/aromatic N) is 1. The molecule has 0 aliphatic carbocycles. The third-order valence-corrected chi connectivity index (χ3v) is 3.14. The molecule has 19 heavy (non-hydrogen) atoms. The van der Waals surface area contributed by atoms with Gasteiger partial charge in [-0.25, -0.2) is 4.79 Å². The van der Waals surface area contributed by atoms with Gasteiger partial charge < -0.3 is 9.47 Å². The summed E-state index contributed by atoms with van der Waals surface area (Å²) in [5, 5.41) is 1.02. The summed E-state index contributed by atoms with van der Waals surface area (Å²) >= 11 is 6.28. The van der Waals surface area contributed by atoms with E-state index in [1.54, 1.807) is 14.0 Å². The number of benzene rings is 1. The highest BCUT2D eigenvalue weighted by Crippen LogP contribution is 2.32. The highest BCUT2D eigenvalue weighted by Gasteiger charge is 2.17. The van der Waals surface area contributed by atoms with Gasteiger partial charge in [-0.05, 0) is 31.5 Å². The summed E-state index contributed by atoms with van der Waals surface area (Å²) in [4.78, 5) is 16.0. The molecule has 5 heteroatoms. The van der Waals surface area contributed by atoms with Crippen LogP contribution in [0.2, 0.25) is 5.02 Å². The Hall–Kier alpha value is -1.81. The smallest absolute Gasteiger partial charge is 0.341 e. The van der Waals surface area contributed by atoms with Crippen molar-refractivity contribution in [2.24, 2.45) is 0 Å². The fourth-order valence-corrected chi connectivity index (χ4v) is 2.15. The maximum absolute atomic E-state index is 11.8. The second kappa shape index (κ2) is 5.45. The van der Waals surface area contributed by atoms with E-state index in [1.165, 1.54) is 6.20 Å². The summed E-state index contributed by atoms with van der Waals surface area (Å²) in [6.45, 7) is 3.97. The van der Waals surface area contributed by atoms with Crippen LogP contribution in [0.15, 0.2) is 18.3 Å². The lowest BCUT2D eigenvalue weighted by Gasteiger charge is -2.10. The van der Waals surface area contributed by atoms with E-state index in [9.17, 15) is 4.79 Å². The van der Waals surface area contributed by atoms with E-state index in [1.807, 2.05) is 19.1 Å². The van der Waals surface area contributed by atoms with Crippen LogP contribution in [-0.4, -0.2) is 24.7 Å². The van der Waals surface area contributed by atoms with Gasteiger partial charge in [-0.3, -0.25) is 4.98 Å². The molecule has 2 aromatic rings. The average molecular weight is 280 g/mol. The van der Waals surface area contributed by atoms with Crippen LogP contribution >= 0.6 is 11.6 Å². The lowest BCUT2D eigenvalue weighted by Crippen LogP contribution is -2.06. The van der Waals surface area contributed by atoms with Crippen molar-refractivity contribution in [3.63, 3.8) is 0 Å². The molecule has 1 aromatic heterocycles. The summed E-state index contributed by atoms with van der Waals surface area (Å²) in [5.41, 5.74) is 1.88. The van der Waals surface area contributed by atoms with E-state index in [0.717, 1.165) is 5.56 Å². The van der Waals surface area contributed by atoms with Crippen LogP contribution in [0.1, 0.15) is 22.8 Å². The number of esters is 1. The van der Waals surface area contributed by atoms with Gasteiger partial charge in [-0.2, -0.15) is 0 Å². The zero-order valence-electron chi connectivity index (χ0n) is 11.0. The quantitative estimate of drug-likeness (QED) is 0.808. The van der Waals surface area contributed by atoms with Crippen molar-refractivity contribution < 1.29 is 14.3 Å². The van der Waals surface area contributed by atoms with Crippen molar-refractivity contribution in [1.82, 2.24) is 4.98 Å². The van der Waals surface area contributed by atoms with Gasteiger partial charge in [0, 0.05) is 11.6 Å². The summed E-state index contributed by atoms with van der Waals surface area (Å²) < 4.78 is 10.2. The van der Waals surface area contributed by atoms with Crippen LogP contribution in [0, 0.1) is 6.92 Å². The highest BCUT2D eigenvalue weighted by molar-refractivity contribution is 6.38. The van der Waals surface area contributed by atoms with Crippen LogP contribution in [0.4, 0.5) is 0 Å². The van der Waals surface area contributed by atoms with Crippen LogP contribution in [0.5, 0.6) is 5.75 Å². The molecule has 4 nitrogen and oxygen atoms in total. The molecule has 0 unspecified atom stereocenters. The van der Waals surface area contributed by atoms with E-state index in [2.05, 4.69) is 4.98 Å². The van der Waals surface area contributed by atoms with Crippen molar-refractivity contribution in [2.75, 3.05) is 13.7 Å². The summed E-state index contributed by atoms with van der Waals surface area (Å²) in [5.74, 6) is 0.162. The first-order valence-corrected chi connectivity index (χ1v) is 6.26. The Morgan fingerprint density at radius 2 is 2.16 bits per heavy atom. The van der Waals surface area contributed by atoms with Gasteiger partial charge in [0.15, 0.2) is 0 Å². The molecule has 2 rings (SSSR count). The fraction of sp³-hybridized carbons (Fsp3) is 0.286. The number of carbonyl (C=O) groups is 1. The van der Waals surface area contributed by atoms with Crippen LogP contribution in [0.25, 0.3) is 10.9 Å². The Morgan fingerprint density at radius 3 is 2.79 bits per heavy atom. The fourth-order valence-electron chi connectivity index (χ4n) is 1.88. The molecule has 100 valence electrons. The molecule has 1 heterocycles. The zero-order valence-corrected chi connectivity index (χ0v) is 11.7. The highest BCUT2D eigenvalue weighted by atomic mass is 35.5. The summed E-state index contributed by atoms with van der Waals surface area (Å²) in [7, 11) is 1.57. The number of rotatable bonds is 3. The first-order chi connectivity index (χ1) is 9.08. The van der Waals surface area contributed by atoms with Crippen LogP contribution < -0.4 is 4.74 Å². The predicted octanol–water partition coefficient (Wildman–Crippen LogP) is 3.38. The van der Waals surface area contributed by atoms with Crippen molar-refractivity contribution in [3.05, 3.63) is 34.5 Å². The number of hydrogen-bond donors (Lipinski definition) is 0. The van der Waals surface area contributed by atoms with E-state index >= 15 is 0 Å². The standard InChI is InChI=1S/C14H14ClNO3/c1-4-19-14(17)10-7-16-13-9(12(10)15)5-8(2)6-11(13)18-3/h5-7H,4H2,1-3H3. The number of aryl methyl sites for hydroxylation is 1. The second-order valence-electron chi connectivity index (χ2n) is 4.07. The minimum atomic E-state index is -0.470. The molecule has 0 spiro atoms. The van der Waals surface area contributed by atoms with E-state index in [-0.39, 0.29) is 5.56 Å². The van der Waals surface area contributed by atoms with Gasteiger partial charge in [0.25, 0.3) is 0 Å². The second-order valence-corrected chi connectivity index (χ2v) is 4.45. The number of halogens is 1. The molecule has 0 atom stereocenters. The SMILES string of the molecule is CCOC(=O)c1cnc2c(OC)cc(C)cc2c1Cl. The van der Waals surface area contributed by atoms with Gasteiger partial charge in [-0.15, -0.1) is 0 Å². The predicted molar refractivity (Wildman–Crippen MR) is 74.0 cm³/mol. The first kappa shape index (κ1) is 13.6. The topological polar surface area (TPSA) is 48.4 Å². The molecule has 1 aromatic carbocycles. The van der Waals surface area contributed by atoms with Gasteiger partial charge in [-0.1, -0.05) is 11.6 Å². The molecule has 0 radical (unpaired) electrons. The number of pyridine rings is 1. The molecule has 0 fully saturated rings. The molecule has 0 N–H and O–H groups in total. The average Bonchev–Trinajstić information content (AvgIpc) is 2.39. The van der Waals surface area contributed by atoms with E-state index in [0.29, 0.717) is 28.3 Å². The molecule has 0 saturated heterocycles. The van der Waals surface area contributed by atoms with Crippen molar-refractivity contribution in [1.29, 1.82) is 0 Å². The lowest BCUT2D eigenvalue weighted by atomic mass is 10.1. The number of hydrogen-bond acceptors (Lipinski definition) is 4. The lowest BCUT2D eigenvalue weighted by molar-refractivity contribution is 0.0526. The van der Waals surface area contributed by atoms with E-state index < -0.39 is 5.97 Å². The maximum Gasteiger partial charge on any atom is 0.341 e. The van der Waals surface area contributed by atoms with E-state index in [4.69, 9.17) is 21.1 Å². The Kier molecular flexibility index (Phi) is 3.90. The van der Waals surface area contributed by atoms with Crippen LogP contribution in [0.3, 0.4) is 0 Å². The summed E-state index contributed by atoms with van der Waals surface area (Å²) in [6.07, 6.45) is 1.42. The Morgan fingerprint density at radius 1 is 1.42 bits per heavy atom. The van der Waals surface area contributed by atoms with Gasteiger partial charge in [0.2, 0.25) is 0 Å². The molecule has 0 amide bonds. The number of fused-ring (bicyclic) bond motifs is 1. The Labute approximate surface area is 116 Å². The minimum absolute atomic E-state index is 0.267. The molecule has 0 bridgehead atoms. The molecule has 0 aliphatic heterocycles. The minimum Gasteiger partial charge on any atom is -0.494 e. The normalized spacial score (nSPS) is 10.5. The van der Waals surface area contributed by atoms with Gasteiger partial charge in [0.1, 0.15) is 11.3 Å². The maximum atomic E-state index is 11.8. The van der Waals surface area contributed by atoms with Crippen molar-refractivity contribution in [2.45, 2.75) is 13.8 Å². The van der Waals surface area contributed by atoms with Crippen molar-refractivity contribution in [3.8, 4) is 5.75 Å². The molecule has 0 aliphatic rings. The largest absolute Gasteiger partial charge is 0.494 e. The Balaban J connectivity index is 2.68. The third kappa shape index (κ3) is 2.49. The zero-order chi connectivity index (χ0) is 14.0. The number of aromatic nitrogens is 1. The summed E-state index contributed by atoms with van der Waals surface area (Å²) in [6, 6.07) is 3.74. The number of ether oxygens (including phenoxy) is 2. The number of methoxy groups -OCH3 is 1. The van der Waals surface area contributed by atoms with Crippen molar-refractivity contribution >= 4 is 28.5 Å². The monoisotopic (exact) mass is 279 g/mol. The first-order valence-electron chi connectivity index (χ1n) is 5.88. The Bertz CT molecular complexity index is 640. The van der Waals surface area contributed by atoms with Crippen LogP contribution in [-0.2, 0) is 4.74 Å². The molecular formula is C14H14ClNO3. The molecule has 0 saturated carbocycles. The number of carbonyl (C=O) groups excluding carboxylic acids is 1. The third-order valence-electron chi connectivity index (χ3n) is 2.73. The molecular weight excluding hydrogens is 266 g/mol.